The summed E-state index contributed by atoms with van der Waals surface area (Å²) in [6, 6.07) is 0.335. The molecule has 2 rings (SSSR count). The molecule has 11 heavy (non-hydrogen) atoms. The Labute approximate surface area is 65.4 Å². The second-order valence-electron chi connectivity index (χ2n) is 2.96. The first-order chi connectivity index (χ1) is 5.36. The van der Waals surface area contributed by atoms with Gasteiger partial charge in [0.05, 0.1) is 13.2 Å². The molecule has 0 bridgehead atoms. The van der Waals surface area contributed by atoms with Crippen LogP contribution in [-0.2, 0) is 9.47 Å². The Balaban J connectivity index is 1.88. The number of aliphatic imine (C=N–C) groups is 1. The van der Waals surface area contributed by atoms with Gasteiger partial charge in [0.15, 0.2) is 0 Å². The van der Waals surface area contributed by atoms with Crippen LogP contribution >= 0.6 is 0 Å². The van der Waals surface area contributed by atoms with E-state index in [1.807, 2.05) is 0 Å². The lowest BCUT2D eigenvalue weighted by Crippen LogP contribution is -2.26. The highest BCUT2D eigenvalue weighted by molar-refractivity contribution is 5.73. The standard InChI is InChI=1S/C7H12N2O2/c8-7-9-3-6(11-7)5-1-2-10-4-5/h5-6H,1-4H2,(H2,8,9). The highest BCUT2D eigenvalue weighted by atomic mass is 16.5. The molecule has 0 saturated carbocycles. The van der Waals surface area contributed by atoms with Crippen LogP contribution in [0.2, 0.25) is 0 Å². The summed E-state index contributed by atoms with van der Waals surface area (Å²) in [7, 11) is 0. The van der Waals surface area contributed by atoms with Crippen molar-refractivity contribution < 1.29 is 9.47 Å². The lowest BCUT2D eigenvalue weighted by Gasteiger charge is -2.14. The summed E-state index contributed by atoms with van der Waals surface area (Å²) in [5, 5.41) is 0. The Morgan fingerprint density at radius 2 is 2.45 bits per heavy atom. The second kappa shape index (κ2) is 2.70. The molecule has 2 unspecified atom stereocenters. The zero-order chi connectivity index (χ0) is 7.68. The molecular formula is C7H12N2O2. The second-order valence-corrected chi connectivity index (χ2v) is 2.96. The van der Waals surface area contributed by atoms with Gasteiger partial charge in [0.25, 0.3) is 6.02 Å². The molecule has 0 radical (unpaired) electrons. The fraction of sp³-hybridized carbons (Fsp3) is 0.857. The lowest BCUT2D eigenvalue weighted by molar-refractivity contribution is 0.121. The molecule has 0 aliphatic carbocycles. The normalized spacial score (nSPS) is 36.9. The number of hydrogen-bond acceptors (Lipinski definition) is 4. The SMILES string of the molecule is NC1=NCC(C2CCOC2)O1. The Hall–Kier alpha value is -0.770. The van der Waals surface area contributed by atoms with E-state index in [-0.39, 0.29) is 6.10 Å². The van der Waals surface area contributed by atoms with Crippen LogP contribution in [0.4, 0.5) is 0 Å². The van der Waals surface area contributed by atoms with Crippen LogP contribution in [0.5, 0.6) is 0 Å². The Morgan fingerprint density at radius 1 is 1.55 bits per heavy atom. The number of ether oxygens (including phenoxy) is 2. The van der Waals surface area contributed by atoms with Crippen LogP contribution in [-0.4, -0.2) is 31.9 Å². The molecule has 4 nitrogen and oxygen atoms in total. The summed E-state index contributed by atoms with van der Waals surface area (Å²) in [6.45, 7) is 2.36. The van der Waals surface area contributed by atoms with Gasteiger partial charge in [0.2, 0.25) is 0 Å². The number of amidine groups is 1. The molecule has 2 aliphatic heterocycles. The number of nitrogens with zero attached hydrogens (tertiary/aromatic N) is 1. The van der Waals surface area contributed by atoms with Gasteiger partial charge in [-0.3, -0.25) is 0 Å². The minimum Gasteiger partial charge on any atom is -0.460 e. The zero-order valence-electron chi connectivity index (χ0n) is 6.32. The van der Waals surface area contributed by atoms with E-state index in [9.17, 15) is 0 Å². The van der Waals surface area contributed by atoms with Crippen molar-refractivity contribution in [3.63, 3.8) is 0 Å². The zero-order valence-corrected chi connectivity index (χ0v) is 6.32. The summed E-state index contributed by atoms with van der Waals surface area (Å²) >= 11 is 0. The van der Waals surface area contributed by atoms with Gasteiger partial charge in [-0.2, -0.15) is 0 Å². The van der Waals surface area contributed by atoms with Gasteiger partial charge in [-0.25, -0.2) is 4.99 Å². The highest BCUT2D eigenvalue weighted by Crippen LogP contribution is 2.21. The first-order valence-electron chi connectivity index (χ1n) is 3.90. The summed E-state index contributed by atoms with van der Waals surface area (Å²) in [6.07, 6.45) is 1.26. The van der Waals surface area contributed by atoms with Gasteiger partial charge in [-0.15, -0.1) is 0 Å². The first kappa shape index (κ1) is 6.91. The van der Waals surface area contributed by atoms with Crippen molar-refractivity contribution >= 4 is 6.02 Å². The van der Waals surface area contributed by atoms with Crippen molar-refractivity contribution in [3.8, 4) is 0 Å². The highest BCUT2D eigenvalue weighted by Gasteiger charge is 2.30. The molecule has 0 spiro atoms. The van der Waals surface area contributed by atoms with Crippen molar-refractivity contribution in [1.29, 1.82) is 0 Å². The van der Waals surface area contributed by atoms with Crippen LogP contribution in [0.3, 0.4) is 0 Å². The molecule has 1 saturated heterocycles. The Morgan fingerprint density at radius 3 is 3.00 bits per heavy atom. The van der Waals surface area contributed by atoms with E-state index in [2.05, 4.69) is 4.99 Å². The minimum atomic E-state index is 0.178. The molecule has 1 fully saturated rings. The maximum Gasteiger partial charge on any atom is 0.282 e. The largest absolute Gasteiger partial charge is 0.460 e. The molecule has 2 N–H and O–H groups in total. The molecule has 2 heterocycles. The molecule has 4 heteroatoms. The molecule has 2 aliphatic rings. The van der Waals surface area contributed by atoms with Crippen molar-refractivity contribution in [2.24, 2.45) is 16.6 Å². The third-order valence-corrected chi connectivity index (χ3v) is 2.19. The maximum atomic E-state index is 5.38. The van der Waals surface area contributed by atoms with Crippen molar-refractivity contribution in [2.45, 2.75) is 12.5 Å². The van der Waals surface area contributed by atoms with Gasteiger partial charge >= 0.3 is 0 Å². The van der Waals surface area contributed by atoms with Crippen LogP contribution in [0.15, 0.2) is 4.99 Å². The molecular weight excluding hydrogens is 144 g/mol. The predicted molar refractivity (Wildman–Crippen MR) is 40.3 cm³/mol. The van der Waals surface area contributed by atoms with E-state index in [1.54, 1.807) is 0 Å². The molecule has 2 atom stereocenters. The van der Waals surface area contributed by atoms with Crippen molar-refractivity contribution in [3.05, 3.63) is 0 Å². The van der Waals surface area contributed by atoms with E-state index in [1.165, 1.54) is 0 Å². The number of nitrogens with two attached hydrogens (primary N) is 1. The van der Waals surface area contributed by atoms with Crippen molar-refractivity contribution in [2.75, 3.05) is 19.8 Å². The van der Waals surface area contributed by atoms with Gasteiger partial charge in [-0.05, 0) is 6.42 Å². The predicted octanol–water partition coefficient (Wildman–Crippen LogP) is -0.264. The summed E-state index contributed by atoms with van der Waals surface area (Å²) in [5.41, 5.74) is 5.38. The molecule has 0 amide bonds. The summed E-state index contributed by atoms with van der Waals surface area (Å²) in [5.74, 6) is 0.500. The summed E-state index contributed by atoms with van der Waals surface area (Å²) < 4.78 is 10.5. The van der Waals surface area contributed by atoms with Crippen LogP contribution in [0, 0.1) is 5.92 Å². The average Bonchev–Trinajstić information content (AvgIpc) is 2.55. The van der Waals surface area contributed by atoms with Crippen molar-refractivity contribution in [1.82, 2.24) is 0 Å². The minimum absolute atomic E-state index is 0.178. The van der Waals surface area contributed by atoms with Crippen LogP contribution < -0.4 is 5.73 Å². The average molecular weight is 156 g/mol. The third-order valence-electron chi connectivity index (χ3n) is 2.19. The van der Waals surface area contributed by atoms with Crippen LogP contribution in [0.1, 0.15) is 6.42 Å². The van der Waals surface area contributed by atoms with Gasteiger partial charge in [-0.1, -0.05) is 0 Å². The van der Waals surface area contributed by atoms with Gasteiger partial charge < -0.3 is 15.2 Å². The topological polar surface area (TPSA) is 56.8 Å². The van der Waals surface area contributed by atoms with E-state index < -0.39 is 0 Å². The van der Waals surface area contributed by atoms with E-state index in [0.717, 1.165) is 19.6 Å². The fourth-order valence-corrected chi connectivity index (χ4v) is 1.50. The number of rotatable bonds is 1. The Kier molecular flexibility index (Phi) is 1.69. The molecule has 0 aromatic heterocycles. The number of hydrogen-bond donors (Lipinski definition) is 1. The fourth-order valence-electron chi connectivity index (χ4n) is 1.50. The monoisotopic (exact) mass is 156 g/mol. The molecule has 0 aromatic carbocycles. The lowest BCUT2D eigenvalue weighted by atomic mass is 10.0. The van der Waals surface area contributed by atoms with E-state index >= 15 is 0 Å². The first-order valence-corrected chi connectivity index (χ1v) is 3.90. The molecule has 62 valence electrons. The molecule has 0 aromatic rings. The van der Waals surface area contributed by atoms with E-state index in [4.69, 9.17) is 15.2 Å². The third kappa shape index (κ3) is 1.30. The van der Waals surface area contributed by atoms with Crippen LogP contribution in [0.25, 0.3) is 0 Å². The summed E-state index contributed by atoms with van der Waals surface area (Å²) in [4.78, 5) is 3.98. The van der Waals surface area contributed by atoms with Gasteiger partial charge in [0, 0.05) is 12.5 Å². The van der Waals surface area contributed by atoms with Gasteiger partial charge in [0.1, 0.15) is 6.10 Å². The quantitative estimate of drug-likeness (QED) is 0.569. The van der Waals surface area contributed by atoms with E-state index in [0.29, 0.717) is 18.5 Å². The smallest absolute Gasteiger partial charge is 0.282 e. The maximum absolute atomic E-state index is 5.38. The Bertz CT molecular complexity index is 175.